The van der Waals surface area contributed by atoms with Crippen molar-refractivity contribution >= 4 is 21.6 Å². The summed E-state index contributed by atoms with van der Waals surface area (Å²) in [5, 5.41) is 2.83. The van der Waals surface area contributed by atoms with E-state index in [1.165, 1.54) is 4.31 Å². The molecule has 5 rings (SSSR count). The molecule has 2 aliphatic rings. The van der Waals surface area contributed by atoms with Crippen LogP contribution in [0.3, 0.4) is 0 Å². The first-order chi connectivity index (χ1) is 16.8. The molecule has 0 saturated heterocycles. The van der Waals surface area contributed by atoms with Gasteiger partial charge in [0.05, 0.1) is 23.7 Å². The second-order valence-corrected chi connectivity index (χ2v) is 10.5. The van der Waals surface area contributed by atoms with Crippen molar-refractivity contribution < 1.29 is 27.4 Å². The van der Waals surface area contributed by atoms with E-state index in [0.717, 1.165) is 11.1 Å². The van der Waals surface area contributed by atoms with Crippen LogP contribution in [0.5, 0.6) is 17.2 Å². The zero-order valence-electron chi connectivity index (χ0n) is 19.4. The number of carbonyl (C=O) groups excluding carboxylic acids is 1. The highest BCUT2D eigenvalue weighted by Gasteiger charge is 2.38. The number of anilines is 1. The first-order valence-corrected chi connectivity index (χ1v) is 12.8. The molecule has 0 saturated carbocycles. The molecule has 0 aliphatic carbocycles. The number of carbonyl (C=O) groups is 1. The van der Waals surface area contributed by atoms with Gasteiger partial charge < -0.3 is 19.5 Å². The number of aryl methyl sites for hydroxylation is 2. The van der Waals surface area contributed by atoms with E-state index >= 15 is 0 Å². The van der Waals surface area contributed by atoms with Crippen LogP contribution >= 0.6 is 0 Å². The fourth-order valence-electron chi connectivity index (χ4n) is 4.05. The molecule has 0 unspecified atom stereocenters. The van der Waals surface area contributed by atoms with Crippen molar-refractivity contribution in [2.45, 2.75) is 31.0 Å². The summed E-state index contributed by atoms with van der Waals surface area (Å²) in [6.45, 7) is 4.10. The van der Waals surface area contributed by atoms with E-state index in [9.17, 15) is 13.2 Å². The van der Waals surface area contributed by atoms with Gasteiger partial charge in [0.1, 0.15) is 18.5 Å². The standard InChI is InChI=1S/C26H26N2O6S/c1-17-7-10-20(11-8-17)35(30,31)28-15-25(34-24-13-18(2)9-12-21(24)28)26(29)27-14-19-16-32-22-5-3-4-6-23(22)33-19/h3-13,19,25H,14-16H2,1-2H3,(H,27,29)/t19-,25-/m0/s1. The van der Waals surface area contributed by atoms with E-state index in [2.05, 4.69) is 5.32 Å². The van der Waals surface area contributed by atoms with Crippen LogP contribution in [-0.4, -0.2) is 46.2 Å². The van der Waals surface area contributed by atoms with Crippen molar-refractivity contribution in [2.75, 3.05) is 24.0 Å². The lowest BCUT2D eigenvalue weighted by atomic mass is 10.1. The highest BCUT2D eigenvalue weighted by molar-refractivity contribution is 7.92. The van der Waals surface area contributed by atoms with Gasteiger partial charge in [-0.1, -0.05) is 35.9 Å². The van der Waals surface area contributed by atoms with Crippen LogP contribution in [0.2, 0.25) is 0 Å². The molecule has 0 aromatic heterocycles. The van der Waals surface area contributed by atoms with E-state index in [4.69, 9.17) is 14.2 Å². The van der Waals surface area contributed by atoms with E-state index in [0.29, 0.717) is 29.5 Å². The molecule has 182 valence electrons. The fraction of sp³-hybridized carbons (Fsp3) is 0.269. The number of amides is 1. The van der Waals surface area contributed by atoms with Gasteiger partial charge >= 0.3 is 0 Å². The Hall–Kier alpha value is -3.72. The molecular weight excluding hydrogens is 468 g/mol. The zero-order chi connectivity index (χ0) is 24.6. The van der Waals surface area contributed by atoms with Gasteiger partial charge in [0.15, 0.2) is 17.6 Å². The maximum Gasteiger partial charge on any atom is 0.264 e. The summed E-state index contributed by atoms with van der Waals surface area (Å²) in [5.41, 5.74) is 2.25. The van der Waals surface area contributed by atoms with Gasteiger partial charge in [-0.15, -0.1) is 0 Å². The minimum Gasteiger partial charge on any atom is -0.486 e. The molecule has 3 aromatic carbocycles. The number of fused-ring (bicyclic) bond motifs is 2. The van der Waals surface area contributed by atoms with Crippen molar-refractivity contribution in [1.82, 2.24) is 5.32 Å². The average molecular weight is 495 g/mol. The first kappa shape index (κ1) is 23.0. The second-order valence-electron chi connectivity index (χ2n) is 8.67. The molecule has 8 nitrogen and oxygen atoms in total. The Kier molecular flexibility index (Phi) is 6.02. The van der Waals surface area contributed by atoms with Crippen LogP contribution < -0.4 is 23.8 Å². The Labute approximate surface area is 204 Å². The van der Waals surface area contributed by atoms with Crippen LogP contribution in [0.4, 0.5) is 5.69 Å². The SMILES string of the molecule is Cc1ccc(S(=O)(=O)N2C[C@@H](C(=O)NC[C@H]3COc4ccccc4O3)Oc3cc(C)ccc32)cc1. The van der Waals surface area contributed by atoms with Gasteiger partial charge in [0, 0.05) is 0 Å². The molecule has 0 bridgehead atoms. The molecule has 2 aliphatic heterocycles. The van der Waals surface area contributed by atoms with Crippen LogP contribution in [-0.2, 0) is 14.8 Å². The molecule has 3 aromatic rings. The van der Waals surface area contributed by atoms with Gasteiger partial charge in [-0.25, -0.2) is 8.42 Å². The summed E-state index contributed by atoms with van der Waals surface area (Å²) < 4.78 is 45.9. The molecule has 0 fully saturated rings. The topological polar surface area (TPSA) is 94.2 Å². The largest absolute Gasteiger partial charge is 0.486 e. The van der Waals surface area contributed by atoms with Gasteiger partial charge in [0.25, 0.3) is 15.9 Å². The highest BCUT2D eigenvalue weighted by Crippen LogP contribution is 2.38. The Morgan fingerprint density at radius 2 is 1.66 bits per heavy atom. The quantitative estimate of drug-likeness (QED) is 0.586. The van der Waals surface area contributed by atoms with Gasteiger partial charge in [0.2, 0.25) is 0 Å². The van der Waals surface area contributed by atoms with E-state index in [1.54, 1.807) is 42.5 Å². The number of para-hydroxylation sites is 2. The Morgan fingerprint density at radius 1 is 0.943 bits per heavy atom. The summed E-state index contributed by atoms with van der Waals surface area (Å²) in [4.78, 5) is 13.2. The molecular formula is C26H26N2O6S. The number of rotatable bonds is 5. The maximum atomic E-state index is 13.5. The molecule has 9 heteroatoms. The molecule has 2 heterocycles. The van der Waals surface area contributed by atoms with Gasteiger partial charge in [-0.05, 0) is 55.8 Å². The molecule has 2 atom stereocenters. The number of hydrogen-bond acceptors (Lipinski definition) is 6. The van der Waals surface area contributed by atoms with Crippen molar-refractivity contribution in [1.29, 1.82) is 0 Å². The lowest BCUT2D eigenvalue weighted by molar-refractivity contribution is -0.128. The summed E-state index contributed by atoms with van der Waals surface area (Å²) in [5.74, 6) is 1.20. The maximum absolute atomic E-state index is 13.5. The monoisotopic (exact) mass is 494 g/mol. The third kappa shape index (κ3) is 4.64. The summed E-state index contributed by atoms with van der Waals surface area (Å²) in [7, 11) is -3.91. The number of sulfonamides is 1. The number of benzene rings is 3. The molecule has 35 heavy (non-hydrogen) atoms. The van der Waals surface area contributed by atoms with Crippen LogP contribution in [0.15, 0.2) is 71.6 Å². The number of hydrogen-bond donors (Lipinski definition) is 1. The Morgan fingerprint density at radius 3 is 2.43 bits per heavy atom. The molecule has 0 spiro atoms. The zero-order valence-corrected chi connectivity index (χ0v) is 20.2. The van der Waals surface area contributed by atoms with E-state index in [-0.39, 0.29) is 24.1 Å². The second kappa shape index (κ2) is 9.14. The Balaban J connectivity index is 1.34. The van der Waals surface area contributed by atoms with Crippen LogP contribution in [0.25, 0.3) is 0 Å². The first-order valence-electron chi connectivity index (χ1n) is 11.3. The van der Waals surface area contributed by atoms with Crippen molar-refractivity contribution in [3.63, 3.8) is 0 Å². The predicted octanol–water partition coefficient (Wildman–Crippen LogP) is 3.22. The van der Waals surface area contributed by atoms with Crippen LogP contribution in [0.1, 0.15) is 11.1 Å². The predicted molar refractivity (Wildman–Crippen MR) is 131 cm³/mol. The average Bonchev–Trinajstić information content (AvgIpc) is 2.86. The van der Waals surface area contributed by atoms with Crippen molar-refractivity contribution in [3.8, 4) is 17.2 Å². The number of nitrogens with one attached hydrogen (secondary N) is 1. The fourth-order valence-corrected chi connectivity index (χ4v) is 5.53. The number of nitrogens with zero attached hydrogens (tertiary/aromatic N) is 1. The highest BCUT2D eigenvalue weighted by atomic mass is 32.2. The third-order valence-electron chi connectivity index (χ3n) is 5.96. The lowest BCUT2D eigenvalue weighted by Crippen LogP contribution is -2.52. The van der Waals surface area contributed by atoms with E-state index < -0.39 is 22.0 Å². The summed E-state index contributed by atoms with van der Waals surface area (Å²) in [6, 6.07) is 19.2. The minimum absolute atomic E-state index is 0.150. The van der Waals surface area contributed by atoms with Crippen molar-refractivity contribution in [2.24, 2.45) is 0 Å². The lowest BCUT2D eigenvalue weighted by Gasteiger charge is -2.35. The van der Waals surface area contributed by atoms with Crippen molar-refractivity contribution in [3.05, 3.63) is 77.9 Å². The summed E-state index contributed by atoms with van der Waals surface area (Å²) in [6.07, 6.45) is -1.40. The molecule has 1 N–H and O–H groups in total. The summed E-state index contributed by atoms with van der Waals surface area (Å²) >= 11 is 0. The van der Waals surface area contributed by atoms with E-state index in [1.807, 2.05) is 38.1 Å². The molecule has 1 amide bonds. The van der Waals surface area contributed by atoms with Gasteiger partial charge in [-0.3, -0.25) is 9.10 Å². The normalized spacial score (nSPS) is 18.9. The van der Waals surface area contributed by atoms with Gasteiger partial charge in [-0.2, -0.15) is 0 Å². The third-order valence-corrected chi connectivity index (χ3v) is 7.75. The van der Waals surface area contributed by atoms with Crippen LogP contribution in [0, 0.1) is 13.8 Å². The minimum atomic E-state index is -3.91. The Bertz CT molecular complexity index is 1360. The smallest absolute Gasteiger partial charge is 0.264 e. The molecule has 0 radical (unpaired) electrons. The number of ether oxygens (including phenoxy) is 3.